The fraction of sp³-hybridized carbons (Fsp3) is 0.517. The molecule has 0 saturated heterocycles. The van der Waals surface area contributed by atoms with Crippen molar-refractivity contribution in [1.29, 1.82) is 0 Å². The van der Waals surface area contributed by atoms with Crippen molar-refractivity contribution in [1.82, 2.24) is 10.2 Å². The lowest BCUT2D eigenvalue weighted by Crippen LogP contribution is -2.52. The topological polar surface area (TPSA) is 67.9 Å². The smallest absolute Gasteiger partial charge is 0.261 e. The average molecular weight is 560 g/mol. The average Bonchev–Trinajstić information content (AvgIpc) is 3.35. The van der Waals surface area contributed by atoms with E-state index in [2.05, 4.69) is 42.0 Å². The van der Waals surface area contributed by atoms with Crippen LogP contribution in [0, 0.1) is 0 Å². The Morgan fingerprint density at radius 1 is 1.11 bits per heavy atom. The zero-order chi connectivity index (χ0) is 26.3. The summed E-state index contributed by atoms with van der Waals surface area (Å²) >= 11 is 3.58. The molecule has 1 saturated carbocycles. The molecule has 7 heteroatoms. The summed E-state index contributed by atoms with van der Waals surface area (Å²) in [7, 11) is 1.62. The van der Waals surface area contributed by atoms with Crippen molar-refractivity contribution in [2.75, 3.05) is 13.7 Å². The first-order valence-electron chi connectivity index (χ1n) is 12.8. The molecule has 0 aliphatic heterocycles. The van der Waals surface area contributed by atoms with Crippen LogP contribution in [0.15, 0.2) is 46.9 Å². The molecule has 1 aliphatic rings. The highest BCUT2D eigenvalue weighted by Gasteiger charge is 2.31. The van der Waals surface area contributed by atoms with Crippen molar-refractivity contribution < 1.29 is 19.1 Å². The van der Waals surface area contributed by atoms with E-state index in [1.54, 1.807) is 12.0 Å². The van der Waals surface area contributed by atoms with Gasteiger partial charge in [-0.15, -0.1) is 0 Å². The van der Waals surface area contributed by atoms with E-state index in [4.69, 9.17) is 9.47 Å². The van der Waals surface area contributed by atoms with Crippen LogP contribution in [0.4, 0.5) is 0 Å². The van der Waals surface area contributed by atoms with Gasteiger partial charge < -0.3 is 19.7 Å². The number of hydrogen-bond donors (Lipinski definition) is 1. The second kappa shape index (κ2) is 12.6. The highest BCUT2D eigenvalue weighted by Crippen LogP contribution is 2.31. The Hall–Kier alpha value is -2.54. The minimum absolute atomic E-state index is 0.00700. The number of methoxy groups -OCH3 is 1. The molecule has 36 heavy (non-hydrogen) atoms. The molecule has 0 aromatic heterocycles. The molecule has 2 aromatic carbocycles. The Labute approximate surface area is 223 Å². The summed E-state index contributed by atoms with van der Waals surface area (Å²) < 4.78 is 12.0. The van der Waals surface area contributed by atoms with E-state index in [1.165, 1.54) is 5.56 Å². The molecule has 196 valence electrons. The second-order valence-corrected chi connectivity index (χ2v) is 11.3. The summed E-state index contributed by atoms with van der Waals surface area (Å²) in [5.74, 6) is 1.02. The molecule has 1 aliphatic carbocycles. The van der Waals surface area contributed by atoms with Crippen LogP contribution in [0.1, 0.15) is 70.9 Å². The third-order valence-corrected chi connectivity index (χ3v) is 7.37. The van der Waals surface area contributed by atoms with Gasteiger partial charge in [0.25, 0.3) is 5.91 Å². The van der Waals surface area contributed by atoms with E-state index in [-0.39, 0.29) is 29.9 Å². The van der Waals surface area contributed by atoms with Crippen LogP contribution >= 0.6 is 15.9 Å². The van der Waals surface area contributed by atoms with Crippen LogP contribution in [0.5, 0.6) is 11.5 Å². The number of benzene rings is 2. The van der Waals surface area contributed by atoms with Crippen molar-refractivity contribution in [3.8, 4) is 11.5 Å². The molecular formula is C29H39BrN2O4. The molecular weight excluding hydrogens is 520 g/mol. The molecule has 0 radical (unpaired) electrons. The van der Waals surface area contributed by atoms with Gasteiger partial charge in [-0.2, -0.15) is 0 Å². The summed E-state index contributed by atoms with van der Waals surface area (Å²) in [5, 5.41) is 3.17. The molecule has 1 unspecified atom stereocenters. The first kappa shape index (κ1) is 28.0. The first-order chi connectivity index (χ1) is 17.1. The molecule has 0 heterocycles. The van der Waals surface area contributed by atoms with Crippen molar-refractivity contribution in [3.05, 3.63) is 58.1 Å². The van der Waals surface area contributed by atoms with Crippen LogP contribution in [-0.4, -0.2) is 42.5 Å². The van der Waals surface area contributed by atoms with Gasteiger partial charge in [0.1, 0.15) is 17.5 Å². The third-order valence-electron chi connectivity index (χ3n) is 6.75. The molecule has 3 rings (SSSR count). The Bertz CT molecular complexity index is 1030. The van der Waals surface area contributed by atoms with Crippen molar-refractivity contribution in [3.63, 3.8) is 0 Å². The molecule has 2 amide bonds. The van der Waals surface area contributed by atoms with Gasteiger partial charge in [-0.25, -0.2) is 0 Å². The quantitative estimate of drug-likeness (QED) is 0.388. The van der Waals surface area contributed by atoms with Gasteiger partial charge in [-0.1, -0.05) is 58.7 Å². The van der Waals surface area contributed by atoms with Crippen LogP contribution in [0.2, 0.25) is 0 Å². The number of carbonyl (C=O) groups is 2. The van der Waals surface area contributed by atoms with Gasteiger partial charge in [-0.05, 0) is 76.0 Å². The molecule has 0 spiro atoms. The molecule has 1 atom stereocenters. The van der Waals surface area contributed by atoms with Crippen LogP contribution in [-0.2, 0) is 21.5 Å². The first-order valence-corrected chi connectivity index (χ1v) is 13.6. The van der Waals surface area contributed by atoms with Gasteiger partial charge in [0, 0.05) is 12.6 Å². The highest BCUT2D eigenvalue weighted by molar-refractivity contribution is 9.10. The maximum absolute atomic E-state index is 13.5. The number of ether oxygens (including phenoxy) is 2. The zero-order valence-corrected chi connectivity index (χ0v) is 23.7. The molecule has 1 fully saturated rings. The standard InChI is InChI=1S/C29H39BrN2O4/c1-6-25(28(34)31-22-9-7-8-10-22)32(18-20-11-14-23(35-5)15-12-20)27(33)19-36-26-16-13-21(17-24(26)30)29(2,3)4/h11-17,22,25H,6-10,18-19H2,1-5H3,(H,31,34). The van der Waals surface area contributed by atoms with Gasteiger partial charge in [-0.3, -0.25) is 9.59 Å². The SMILES string of the molecule is CCC(C(=O)NC1CCCC1)N(Cc1ccc(OC)cc1)C(=O)COc1ccc(C(C)(C)C)cc1Br. The number of amides is 2. The Morgan fingerprint density at radius 2 is 1.78 bits per heavy atom. The molecule has 1 N–H and O–H groups in total. The number of rotatable bonds is 10. The lowest BCUT2D eigenvalue weighted by atomic mass is 9.87. The number of carbonyl (C=O) groups excluding carboxylic acids is 2. The minimum atomic E-state index is -0.574. The highest BCUT2D eigenvalue weighted by atomic mass is 79.9. The van der Waals surface area contributed by atoms with Gasteiger partial charge in [0.05, 0.1) is 11.6 Å². The minimum Gasteiger partial charge on any atom is -0.497 e. The number of hydrogen-bond acceptors (Lipinski definition) is 4. The fourth-order valence-electron chi connectivity index (χ4n) is 4.52. The van der Waals surface area contributed by atoms with E-state index < -0.39 is 6.04 Å². The Kier molecular flexibility index (Phi) is 9.83. The zero-order valence-electron chi connectivity index (χ0n) is 22.1. The maximum atomic E-state index is 13.5. The van der Waals surface area contributed by atoms with Crippen molar-refractivity contribution in [2.45, 2.75) is 83.8 Å². The van der Waals surface area contributed by atoms with Crippen molar-refractivity contribution >= 4 is 27.7 Å². The van der Waals surface area contributed by atoms with Gasteiger partial charge >= 0.3 is 0 Å². The Balaban J connectivity index is 1.77. The Morgan fingerprint density at radius 3 is 2.33 bits per heavy atom. The summed E-state index contributed by atoms with van der Waals surface area (Å²) in [6, 6.07) is 13.1. The largest absolute Gasteiger partial charge is 0.497 e. The van der Waals surface area contributed by atoms with E-state index in [9.17, 15) is 9.59 Å². The monoisotopic (exact) mass is 558 g/mol. The maximum Gasteiger partial charge on any atom is 0.261 e. The number of nitrogens with zero attached hydrogens (tertiary/aromatic N) is 1. The third kappa shape index (κ3) is 7.48. The lowest BCUT2D eigenvalue weighted by molar-refractivity contribution is -0.143. The summed E-state index contributed by atoms with van der Waals surface area (Å²) in [4.78, 5) is 28.4. The normalized spacial score (nSPS) is 14.8. The second-order valence-electron chi connectivity index (χ2n) is 10.5. The summed E-state index contributed by atoms with van der Waals surface area (Å²) in [6.07, 6.45) is 4.77. The van der Waals surface area contributed by atoms with Crippen LogP contribution in [0.25, 0.3) is 0 Å². The molecule has 0 bridgehead atoms. The summed E-state index contributed by atoms with van der Waals surface area (Å²) in [6.45, 7) is 8.55. The van der Waals surface area contributed by atoms with Crippen LogP contribution in [0.3, 0.4) is 0 Å². The fourth-order valence-corrected chi connectivity index (χ4v) is 5.01. The van der Waals surface area contributed by atoms with Crippen LogP contribution < -0.4 is 14.8 Å². The summed E-state index contributed by atoms with van der Waals surface area (Å²) in [5.41, 5.74) is 2.10. The predicted octanol–water partition coefficient (Wildman–Crippen LogP) is 6.00. The van der Waals surface area contributed by atoms with E-state index in [1.807, 2.05) is 49.4 Å². The number of nitrogens with one attached hydrogen (secondary N) is 1. The van der Waals surface area contributed by atoms with E-state index in [0.29, 0.717) is 18.7 Å². The predicted molar refractivity (Wildman–Crippen MR) is 146 cm³/mol. The van der Waals surface area contributed by atoms with Gasteiger partial charge in [0.15, 0.2) is 6.61 Å². The lowest BCUT2D eigenvalue weighted by Gasteiger charge is -2.31. The van der Waals surface area contributed by atoms with E-state index >= 15 is 0 Å². The van der Waals surface area contributed by atoms with E-state index in [0.717, 1.165) is 41.5 Å². The molecule has 6 nitrogen and oxygen atoms in total. The van der Waals surface area contributed by atoms with Gasteiger partial charge in [0.2, 0.25) is 5.91 Å². The molecule has 2 aromatic rings. The van der Waals surface area contributed by atoms with Crippen molar-refractivity contribution in [2.24, 2.45) is 0 Å². The number of halogens is 1.